The van der Waals surface area contributed by atoms with Gasteiger partial charge < -0.3 is 9.64 Å². The van der Waals surface area contributed by atoms with Crippen molar-refractivity contribution in [2.24, 2.45) is 0 Å². The molecule has 66 heavy (non-hydrogen) atoms. The van der Waals surface area contributed by atoms with Crippen LogP contribution in [0.5, 0.6) is 11.5 Å². The molecule has 1 aliphatic rings. The van der Waals surface area contributed by atoms with Crippen molar-refractivity contribution >= 4 is 45.2 Å². The molecule has 1 aromatic heterocycles. The van der Waals surface area contributed by atoms with E-state index < -0.39 is 0 Å². The molecule has 0 unspecified atom stereocenters. The number of fused-ring (bicyclic) bond motifs is 4. The summed E-state index contributed by atoms with van der Waals surface area (Å²) in [6.45, 7) is 0. The van der Waals surface area contributed by atoms with Gasteiger partial charge in [-0.25, -0.2) is 0 Å². The lowest BCUT2D eigenvalue weighted by molar-refractivity contribution is 0.481. The Balaban J connectivity index is 0.885. The zero-order valence-electron chi connectivity index (χ0n) is 36.1. The Hall–Kier alpha value is -8.86. The van der Waals surface area contributed by atoms with Gasteiger partial charge in [-0.15, -0.1) is 0 Å². The van der Waals surface area contributed by atoms with Gasteiger partial charge in [0.05, 0.1) is 11.2 Å². The topological polar surface area (TPSA) is 20.6 Å². The molecule has 312 valence electrons. The minimum atomic E-state index is 0.814. The zero-order chi connectivity index (χ0) is 43.8. The van der Waals surface area contributed by atoms with Gasteiger partial charge in [0.15, 0.2) is 17.3 Å². The summed E-state index contributed by atoms with van der Waals surface area (Å²) >= 11 is 0. The molecule has 4 nitrogen and oxygen atoms in total. The molecule has 0 atom stereocenters. The highest BCUT2D eigenvalue weighted by Gasteiger charge is 2.33. The van der Waals surface area contributed by atoms with Crippen LogP contribution in [0.15, 0.2) is 261 Å². The van der Waals surface area contributed by atoms with Crippen LogP contribution in [0.2, 0.25) is 0 Å². The van der Waals surface area contributed by atoms with E-state index in [1.165, 1.54) is 22.3 Å². The summed E-state index contributed by atoms with van der Waals surface area (Å²) in [5.74, 6) is 2.63. The minimum absolute atomic E-state index is 0.814. The van der Waals surface area contributed by atoms with E-state index in [9.17, 15) is 0 Å². The van der Waals surface area contributed by atoms with Crippen LogP contribution in [0, 0.1) is 0 Å². The summed E-state index contributed by atoms with van der Waals surface area (Å²) in [4.78, 5) is 4.68. The summed E-state index contributed by atoms with van der Waals surface area (Å²) in [6, 6.07) is 92.8. The molecule has 12 rings (SSSR count). The average Bonchev–Trinajstić information content (AvgIpc) is 3.73. The predicted octanol–water partition coefficient (Wildman–Crippen LogP) is 17.3. The number of benzene rings is 10. The fourth-order valence-electron chi connectivity index (χ4n) is 9.46. The van der Waals surface area contributed by atoms with Gasteiger partial charge in [0.1, 0.15) is 0 Å². The number of nitrogens with zero attached hydrogens (tertiary/aromatic N) is 3. The molecule has 0 radical (unpaired) electrons. The van der Waals surface area contributed by atoms with Crippen LogP contribution in [0.25, 0.3) is 61.1 Å². The van der Waals surface area contributed by atoms with E-state index in [1.54, 1.807) is 0 Å². The number of ether oxygens (including phenoxy) is 1. The monoisotopic (exact) mass is 845 g/mol. The van der Waals surface area contributed by atoms with Crippen molar-refractivity contribution < 1.29 is 4.74 Å². The number of hydrogen-bond acceptors (Lipinski definition) is 3. The molecule has 0 spiro atoms. The highest BCUT2D eigenvalue weighted by atomic mass is 16.5. The number of hydrogen-bond donors (Lipinski definition) is 0. The van der Waals surface area contributed by atoms with Crippen molar-refractivity contribution in [2.75, 3.05) is 9.80 Å². The van der Waals surface area contributed by atoms with E-state index in [0.29, 0.717) is 0 Å². The normalized spacial score (nSPS) is 11.7. The van der Waals surface area contributed by atoms with Gasteiger partial charge in [0, 0.05) is 33.8 Å². The van der Waals surface area contributed by atoms with Gasteiger partial charge in [-0.1, -0.05) is 176 Å². The molecule has 0 saturated heterocycles. The van der Waals surface area contributed by atoms with Crippen molar-refractivity contribution in [2.45, 2.75) is 0 Å². The molecule has 0 amide bonds. The standard InChI is InChI=1S/C62H43N3O/c1-5-18-46(19-6-1)55-28-13-14-29-56(55)47-36-39-53(40-37-47)63(50-21-7-2-8-22-50)54-27-17-20-48(42-54)44-32-34-45(35-33-44)49-38-41-60-59(43-49)65(52-25-11-4-12-26-52)62-61(66-60)57-30-15-16-31-58(57)64(62)51-23-9-3-10-24-51/h1-43H. The predicted molar refractivity (Wildman–Crippen MR) is 274 cm³/mol. The first kappa shape index (κ1) is 38.8. The third-order valence-electron chi connectivity index (χ3n) is 12.6. The van der Waals surface area contributed by atoms with Crippen LogP contribution in [0.1, 0.15) is 0 Å². The molecule has 0 N–H and O–H groups in total. The highest BCUT2D eigenvalue weighted by molar-refractivity contribution is 6.01. The summed E-state index contributed by atoms with van der Waals surface area (Å²) in [6.07, 6.45) is 0. The first-order chi connectivity index (χ1) is 32.7. The molecule has 0 fully saturated rings. The average molecular weight is 846 g/mol. The van der Waals surface area contributed by atoms with Crippen LogP contribution in [0.4, 0.5) is 34.3 Å². The van der Waals surface area contributed by atoms with E-state index in [0.717, 1.165) is 84.6 Å². The Morgan fingerprint density at radius 2 is 0.818 bits per heavy atom. The maximum absolute atomic E-state index is 6.89. The molecule has 11 aromatic rings. The summed E-state index contributed by atoms with van der Waals surface area (Å²) in [7, 11) is 0. The number of aromatic nitrogens is 1. The third kappa shape index (κ3) is 6.98. The lowest BCUT2D eigenvalue weighted by Crippen LogP contribution is -2.18. The molecule has 2 heterocycles. The molecule has 0 aliphatic carbocycles. The first-order valence-corrected chi connectivity index (χ1v) is 22.4. The Morgan fingerprint density at radius 1 is 0.333 bits per heavy atom. The van der Waals surface area contributed by atoms with Crippen LogP contribution in [-0.2, 0) is 0 Å². The Labute approximate surface area is 385 Å². The summed E-state index contributed by atoms with van der Waals surface area (Å²) in [5, 5.41) is 1.07. The second kappa shape index (κ2) is 16.7. The van der Waals surface area contributed by atoms with Crippen LogP contribution in [0.3, 0.4) is 0 Å². The first-order valence-electron chi connectivity index (χ1n) is 22.4. The minimum Gasteiger partial charge on any atom is -0.451 e. The maximum Gasteiger partial charge on any atom is 0.178 e. The molecule has 0 bridgehead atoms. The van der Waals surface area contributed by atoms with Gasteiger partial charge in [0.2, 0.25) is 0 Å². The van der Waals surface area contributed by atoms with Gasteiger partial charge in [-0.3, -0.25) is 9.47 Å². The van der Waals surface area contributed by atoms with Gasteiger partial charge in [-0.05, 0) is 129 Å². The van der Waals surface area contributed by atoms with Crippen LogP contribution < -0.4 is 14.5 Å². The van der Waals surface area contributed by atoms with Crippen molar-refractivity contribution in [3.8, 4) is 61.7 Å². The van der Waals surface area contributed by atoms with Gasteiger partial charge in [-0.2, -0.15) is 0 Å². The molecular weight excluding hydrogens is 803 g/mol. The second-order valence-electron chi connectivity index (χ2n) is 16.6. The summed E-state index contributed by atoms with van der Waals surface area (Å²) < 4.78 is 9.20. The zero-order valence-corrected chi connectivity index (χ0v) is 36.1. The van der Waals surface area contributed by atoms with Crippen LogP contribution in [-0.4, -0.2) is 4.57 Å². The van der Waals surface area contributed by atoms with E-state index in [2.05, 4.69) is 275 Å². The summed E-state index contributed by atoms with van der Waals surface area (Å²) in [5.41, 5.74) is 16.8. The Bertz CT molecular complexity index is 3480. The molecule has 0 saturated carbocycles. The number of rotatable bonds is 9. The van der Waals surface area contributed by atoms with Crippen LogP contribution >= 0.6 is 0 Å². The molecular formula is C62H43N3O. The van der Waals surface area contributed by atoms with Gasteiger partial charge in [0.25, 0.3) is 0 Å². The molecule has 4 heteroatoms. The maximum atomic E-state index is 6.89. The third-order valence-corrected chi connectivity index (χ3v) is 12.6. The lowest BCUT2D eigenvalue weighted by atomic mass is 9.94. The fourth-order valence-corrected chi connectivity index (χ4v) is 9.46. The van der Waals surface area contributed by atoms with E-state index >= 15 is 0 Å². The van der Waals surface area contributed by atoms with Crippen molar-refractivity contribution in [3.63, 3.8) is 0 Å². The largest absolute Gasteiger partial charge is 0.451 e. The van der Waals surface area contributed by atoms with Crippen molar-refractivity contribution in [1.82, 2.24) is 4.57 Å². The Kier molecular flexibility index (Phi) is 9.81. The van der Waals surface area contributed by atoms with Crippen molar-refractivity contribution in [3.05, 3.63) is 261 Å². The van der Waals surface area contributed by atoms with E-state index in [4.69, 9.17) is 4.74 Å². The van der Waals surface area contributed by atoms with Gasteiger partial charge >= 0.3 is 0 Å². The fraction of sp³-hybridized carbons (Fsp3) is 0. The SMILES string of the molecule is c1ccc(-c2ccccc2-c2ccc(N(c3ccccc3)c3cccc(-c4ccc(-c5ccc6c(c5)N(c5ccccc5)c5c(c7ccccc7n5-c5ccccc5)O6)cc4)c3)cc2)cc1. The van der Waals surface area contributed by atoms with E-state index in [1.807, 2.05) is 0 Å². The Morgan fingerprint density at radius 3 is 1.50 bits per heavy atom. The molecule has 1 aliphatic heterocycles. The molecule has 10 aromatic carbocycles. The quantitative estimate of drug-likeness (QED) is 0.144. The van der Waals surface area contributed by atoms with E-state index in [-0.39, 0.29) is 0 Å². The highest BCUT2D eigenvalue weighted by Crippen LogP contribution is 2.56. The number of anilines is 6. The number of para-hydroxylation sites is 4. The second-order valence-corrected chi connectivity index (χ2v) is 16.6. The lowest BCUT2D eigenvalue weighted by Gasteiger charge is -2.33. The smallest absolute Gasteiger partial charge is 0.178 e. The van der Waals surface area contributed by atoms with Crippen molar-refractivity contribution in [1.29, 1.82) is 0 Å².